The Morgan fingerprint density at radius 2 is 1.59 bits per heavy atom. The molecular formula is C36H41N5O5. The van der Waals surface area contributed by atoms with Gasteiger partial charge in [-0.25, -0.2) is 4.79 Å². The number of benzene rings is 3. The zero-order valence-corrected chi connectivity index (χ0v) is 26.2. The minimum absolute atomic E-state index is 0.175. The van der Waals surface area contributed by atoms with Crippen LogP contribution >= 0.6 is 0 Å². The molecule has 0 aliphatic heterocycles. The van der Waals surface area contributed by atoms with Gasteiger partial charge in [0.15, 0.2) is 6.10 Å². The second-order valence-electron chi connectivity index (χ2n) is 12.0. The molecule has 0 saturated heterocycles. The van der Waals surface area contributed by atoms with Crippen LogP contribution in [0.1, 0.15) is 49.1 Å². The lowest BCUT2D eigenvalue weighted by Gasteiger charge is -2.39. The first kappa shape index (κ1) is 32.3. The van der Waals surface area contributed by atoms with Gasteiger partial charge in [0.1, 0.15) is 11.6 Å². The van der Waals surface area contributed by atoms with Crippen LogP contribution < -0.4 is 21.7 Å². The van der Waals surface area contributed by atoms with Crippen molar-refractivity contribution in [2.24, 2.45) is 11.7 Å². The molecule has 0 bridgehead atoms. The summed E-state index contributed by atoms with van der Waals surface area (Å²) >= 11 is 0. The number of primary amides is 1. The normalized spacial score (nSPS) is 17.6. The van der Waals surface area contributed by atoms with Crippen molar-refractivity contribution in [3.05, 3.63) is 107 Å². The fraction of sp³-hybridized carbons (Fsp3) is 0.333. The summed E-state index contributed by atoms with van der Waals surface area (Å²) in [5, 5.41) is 9.53. The third-order valence-corrected chi connectivity index (χ3v) is 8.84. The summed E-state index contributed by atoms with van der Waals surface area (Å²) in [6.07, 6.45) is -0.235. The van der Waals surface area contributed by atoms with E-state index in [1.54, 1.807) is 0 Å². The molecule has 0 radical (unpaired) electrons. The standard InChI is InChI=1S/C36H41N5O5/c1-3-23(2)31(46-35(45)38-22-25-14-8-5-9-15-25)33(43)41-36(19-18-29-27(21-36)26-16-10-11-17-28(26)39-29)34(44)40-30(32(37)42)20-24-12-6-4-7-13-24/h4-17,23,30-31,39H,3,18-22H2,1-2H3,(H2,37,42)(H,38,45)(H,40,44)(H,41,43)/t23-,30-,31?,36+/m0/s1. The van der Waals surface area contributed by atoms with Gasteiger partial charge in [-0.05, 0) is 42.0 Å². The summed E-state index contributed by atoms with van der Waals surface area (Å²) in [4.78, 5) is 57.2. The second kappa shape index (κ2) is 14.3. The predicted octanol–water partition coefficient (Wildman–Crippen LogP) is 4.07. The average Bonchev–Trinajstić information content (AvgIpc) is 3.44. The molecule has 4 atom stereocenters. The van der Waals surface area contributed by atoms with E-state index in [1.807, 2.05) is 98.8 Å². The molecule has 0 fully saturated rings. The number of rotatable bonds is 12. The molecule has 0 saturated carbocycles. The van der Waals surface area contributed by atoms with Gasteiger partial charge in [-0.1, -0.05) is 92.7 Å². The van der Waals surface area contributed by atoms with Crippen molar-refractivity contribution in [1.29, 1.82) is 0 Å². The molecule has 5 rings (SSSR count). The Morgan fingerprint density at radius 1 is 0.935 bits per heavy atom. The van der Waals surface area contributed by atoms with Crippen molar-refractivity contribution in [3.63, 3.8) is 0 Å². The van der Waals surface area contributed by atoms with Gasteiger partial charge in [0.2, 0.25) is 11.8 Å². The highest BCUT2D eigenvalue weighted by Gasteiger charge is 2.46. The topological polar surface area (TPSA) is 155 Å². The van der Waals surface area contributed by atoms with Crippen molar-refractivity contribution in [1.82, 2.24) is 20.9 Å². The van der Waals surface area contributed by atoms with E-state index >= 15 is 0 Å². The number of hydrogen-bond acceptors (Lipinski definition) is 5. The Balaban J connectivity index is 1.41. The van der Waals surface area contributed by atoms with E-state index in [4.69, 9.17) is 10.5 Å². The zero-order valence-electron chi connectivity index (χ0n) is 26.2. The van der Waals surface area contributed by atoms with Crippen LogP contribution in [0.25, 0.3) is 10.9 Å². The first-order chi connectivity index (χ1) is 22.2. The number of nitrogens with one attached hydrogen (secondary N) is 4. The molecule has 4 aromatic rings. The van der Waals surface area contributed by atoms with Crippen molar-refractivity contribution in [3.8, 4) is 0 Å². The Bertz CT molecular complexity index is 1690. The van der Waals surface area contributed by atoms with Gasteiger partial charge in [-0.2, -0.15) is 0 Å². The Kier molecular flexibility index (Phi) is 10.0. The highest BCUT2D eigenvalue weighted by atomic mass is 16.6. The van der Waals surface area contributed by atoms with Gasteiger partial charge in [0.05, 0.1) is 0 Å². The molecule has 3 aromatic carbocycles. The Labute approximate surface area is 268 Å². The smallest absolute Gasteiger partial charge is 0.408 e. The third-order valence-electron chi connectivity index (χ3n) is 8.84. The summed E-state index contributed by atoms with van der Waals surface area (Å²) in [6, 6.07) is 25.5. The van der Waals surface area contributed by atoms with Crippen molar-refractivity contribution in [2.45, 2.75) is 70.2 Å². The molecule has 4 amide bonds. The van der Waals surface area contributed by atoms with Crippen LogP contribution in [0.3, 0.4) is 0 Å². The second-order valence-corrected chi connectivity index (χ2v) is 12.0. The number of nitrogens with two attached hydrogens (primary N) is 1. The Morgan fingerprint density at radius 3 is 2.26 bits per heavy atom. The number of amides is 4. The van der Waals surface area contributed by atoms with Crippen LogP contribution in [-0.2, 0) is 44.9 Å². The number of aryl methyl sites for hydroxylation is 1. The number of H-pyrrole nitrogens is 1. The number of fused-ring (bicyclic) bond motifs is 3. The molecule has 1 aromatic heterocycles. The quantitative estimate of drug-likeness (QED) is 0.161. The zero-order chi connectivity index (χ0) is 32.7. The molecular weight excluding hydrogens is 582 g/mol. The first-order valence-corrected chi connectivity index (χ1v) is 15.7. The highest BCUT2D eigenvalue weighted by Crippen LogP contribution is 2.35. The van der Waals surface area contributed by atoms with E-state index in [9.17, 15) is 19.2 Å². The van der Waals surface area contributed by atoms with E-state index in [1.165, 1.54) is 0 Å². The lowest BCUT2D eigenvalue weighted by molar-refractivity contribution is -0.141. The highest BCUT2D eigenvalue weighted by molar-refractivity contribution is 5.97. The number of hydrogen-bond donors (Lipinski definition) is 5. The van der Waals surface area contributed by atoms with E-state index in [2.05, 4.69) is 20.9 Å². The summed E-state index contributed by atoms with van der Waals surface area (Å²) in [6.45, 7) is 3.96. The number of para-hydroxylation sites is 1. The summed E-state index contributed by atoms with van der Waals surface area (Å²) < 4.78 is 5.70. The number of carbonyl (C=O) groups is 4. The van der Waals surface area contributed by atoms with E-state index in [-0.39, 0.29) is 31.7 Å². The maximum Gasteiger partial charge on any atom is 0.408 e. The van der Waals surface area contributed by atoms with Crippen LogP contribution in [0.15, 0.2) is 84.9 Å². The van der Waals surface area contributed by atoms with Crippen molar-refractivity contribution < 1.29 is 23.9 Å². The number of aromatic amines is 1. The van der Waals surface area contributed by atoms with Gasteiger partial charge < -0.3 is 31.4 Å². The fourth-order valence-electron chi connectivity index (χ4n) is 6.00. The van der Waals surface area contributed by atoms with Gasteiger partial charge in [0.25, 0.3) is 5.91 Å². The van der Waals surface area contributed by atoms with Crippen LogP contribution in [-0.4, -0.2) is 46.5 Å². The molecule has 1 aliphatic carbocycles. The lowest BCUT2D eigenvalue weighted by Crippen LogP contribution is -2.65. The lowest BCUT2D eigenvalue weighted by atomic mass is 9.78. The number of alkyl carbamates (subject to hydrolysis) is 1. The average molecular weight is 624 g/mol. The van der Waals surface area contributed by atoms with E-state index < -0.39 is 41.5 Å². The summed E-state index contributed by atoms with van der Waals surface area (Å²) in [7, 11) is 0. The fourth-order valence-corrected chi connectivity index (χ4v) is 6.00. The SMILES string of the molecule is CC[C@H](C)C(OC(=O)NCc1ccccc1)C(=O)N[C@]1(C(=O)N[C@@H](Cc2ccccc2)C(N)=O)CCc2[nH]c3ccccc3c2C1. The van der Waals surface area contributed by atoms with E-state index in [0.29, 0.717) is 12.8 Å². The van der Waals surface area contributed by atoms with Crippen LogP contribution in [0.4, 0.5) is 4.79 Å². The van der Waals surface area contributed by atoms with Crippen LogP contribution in [0.2, 0.25) is 0 Å². The van der Waals surface area contributed by atoms with Crippen molar-refractivity contribution in [2.75, 3.05) is 0 Å². The van der Waals surface area contributed by atoms with Gasteiger partial charge in [-0.15, -0.1) is 0 Å². The third kappa shape index (κ3) is 7.39. The number of ether oxygens (including phenoxy) is 1. The predicted molar refractivity (Wildman–Crippen MR) is 175 cm³/mol. The molecule has 1 heterocycles. The molecule has 0 spiro atoms. The van der Waals surface area contributed by atoms with Gasteiger partial charge in [-0.3, -0.25) is 14.4 Å². The monoisotopic (exact) mass is 623 g/mol. The summed E-state index contributed by atoms with van der Waals surface area (Å²) in [5.74, 6) is -2.13. The molecule has 6 N–H and O–H groups in total. The first-order valence-electron chi connectivity index (χ1n) is 15.7. The Hall–Kier alpha value is -5.12. The molecule has 1 unspecified atom stereocenters. The minimum Gasteiger partial charge on any atom is -0.436 e. The maximum atomic E-state index is 14.3. The molecule has 10 nitrogen and oxygen atoms in total. The minimum atomic E-state index is -1.44. The maximum absolute atomic E-state index is 14.3. The number of carbonyl (C=O) groups excluding carboxylic acids is 4. The van der Waals surface area contributed by atoms with Crippen molar-refractivity contribution >= 4 is 34.7 Å². The molecule has 1 aliphatic rings. The van der Waals surface area contributed by atoms with Gasteiger partial charge in [0, 0.05) is 41.9 Å². The molecule has 46 heavy (non-hydrogen) atoms. The molecule has 240 valence electrons. The van der Waals surface area contributed by atoms with Crippen LogP contribution in [0.5, 0.6) is 0 Å². The molecule has 10 heteroatoms. The van der Waals surface area contributed by atoms with Gasteiger partial charge >= 0.3 is 6.09 Å². The van der Waals surface area contributed by atoms with Crippen LogP contribution in [0, 0.1) is 5.92 Å². The summed E-state index contributed by atoms with van der Waals surface area (Å²) in [5.41, 5.74) is 8.88. The number of aromatic nitrogens is 1. The van der Waals surface area contributed by atoms with E-state index in [0.717, 1.165) is 33.3 Å². The largest absolute Gasteiger partial charge is 0.436 e.